The highest BCUT2D eigenvalue weighted by Gasteiger charge is 2.13. The van der Waals surface area contributed by atoms with Crippen LogP contribution in [0.15, 0.2) is 65.7 Å². The molecule has 0 unspecified atom stereocenters. The van der Waals surface area contributed by atoms with Crippen molar-refractivity contribution in [3.8, 4) is 0 Å². The molecule has 0 atom stereocenters. The first-order valence-electron chi connectivity index (χ1n) is 7.30. The number of fused-ring (bicyclic) bond motifs is 1. The van der Waals surface area contributed by atoms with E-state index in [1.54, 1.807) is 18.3 Å². The van der Waals surface area contributed by atoms with Crippen LogP contribution in [0.2, 0.25) is 0 Å². The fourth-order valence-electron chi connectivity index (χ4n) is 2.33. The Hall–Kier alpha value is -2.86. The molecule has 1 aromatic heterocycles. The molecule has 5 nitrogen and oxygen atoms in total. The Kier molecular flexibility index (Phi) is 4.77. The lowest BCUT2D eigenvalue weighted by Gasteiger charge is -2.11. The molecule has 1 heterocycles. The molecule has 3 aromatic rings. The Bertz CT molecular complexity index is 906. The van der Waals surface area contributed by atoms with Crippen LogP contribution in [0.1, 0.15) is 10.4 Å². The number of nitrogens with two attached hydrogens (primary N) is 1. The summed E-state index contributed by atoms with van der Waals surface area (Å²) in [5.41, 5.74) is 7.16. The Morgan fingerprint density at radius 3 is 2.62 bits per heavy atom. The van der Waals surface area contributed by atoms with Crippen LogP contribution >= 0.6 is 11.8 Å². The van der Waals surface area contributed by atoms with Crippen molar-refractivity contribution in [2.45, 2.75) is 4.90 Å². The summed E-state index contributed by atoms with van der Waals surface area (Å²) < 4.78 is 0. The summed E-state index contributed by atoms with van der Waals surface area (Å²) in [6.07, 6.45) is 1.62. The summed E-state index contributed by atoms with van der Waals surface area (Å²) in [7, 11) is 0. The van der Waals surface area contributed by atoms with Gasteiger partial charge in [-0.3, -0.25) is 14.6 Å². The number of primary amides is 1. The van der Waals surface area contributed by atoms with E-state index in [-0.39, 0.29) is 11.7 Å². The minimum Gasteiger partial charge on any atom is -0.369 e. The fraction of sp³-hybridized carbons (Fsp3) is 0.0556. The number of nitrogens with one attached hydrogen (secondary N) is 1. The minimum absolute atomic E-state index is 0.158. The van der Waals surface area contributed by atoms with Gasteiger partial charge in [0.25, 0.3) is 5.91 Å². The van der Waals surface area contributed by atoms with Crippen LogP contribution in [0.5, 0.6) is 0 Å². The molecule has 3 rings (SSSR count). The number of carbonyl (C=O) groups is 2. The molecule has 0 fully saturated rings. The third kappa shape index (κ3) is 3.55. The van der Waals surface area contributed by atoms with Gasteiger partial charge in [0, 0.05) is 16.5 Å². The Labute approximate surface area is 143 Å². The molecule has 0 aliphatic carbocycles. The van der Waals surface area contributed by atoms with Gasteiger partial charge in [0.05, 0.1) is 22.5 Å². The van der Waals surface area contributed by atoms with E-state index in [2.05, 4.69) is 10.3 Å². The molecule has 0 spiro atoms. The van der Waals surface area contributed by atoms with Crippen molar-refractivity contribution in [1.29, 1.82) is 0 Å². The molecule has 0 saturated carbocycles. The zero-order valence-electron chi connectivity index (χ0n) is 12.7. The number of carbonyl (C=O) groups excluding carboxylic acids is 2. The lowest BCUT2D eigenvalue weighted by molar-refractivity contribution is -0.115. The summed E-state index contributed by atoms with van der Waals surface area (Å²) in [5.74, 6) is -0.465. The number of para-hydroxylation sites is 2. The number of amides is 2. The van der Waals surface area contributed by atoms with Crippen molar-refractivity contribution in [3.63, 3.8) is 0 Å². The lowest BCUT2D eigenvalue weighted by atomic mass is 10.1. The first-order chi connectivity index (χ1) is 11.6. The maximum absolute atomic E-state index is 12.7. The molecule has 2 amide bonds. The van der Waals surface area contributed by atoms with Gasteiger partial charge < -0.3 is 11.1 Å². The predicted octanol–water partition coefficient (Wildman–Crippen LogP) is 3.06. The smallest absolute Gasteiger partial charge is 0.256 e. The maximum atomic E-state index is 12.7. The molecule has 0 saturated heterocycles. The highest BCUT2D eigenvalue weighted by atomic mass is 32.2. The number of nitrogens with zero attached hydrogens (tertiary/aromatic N) is 1. The number of hydrogen-bond acceptors (Lipinski definition) is 4. The molecule has 0 radical (unpaired) electrons. The normalized spacial score (nSPS) is 10.5. The molecule has 0 bridgehead atoms. The second kappa shape index (κ2) is 7.14. The van der Waals surface area contributed by atoms with E-state index in [0.29, 0.717) is 11.3 Å². The van der Waals surface area contributed by atoms with Gasteiger partial charge in [0.1, 0.15) is 0 Å². The quantitative estimate of drug-likeness (QED) is 0.701. The first kappa shape index (κ1) is 16.0. The number of aromatic nitrogens is 1. The number of rotatable bonds is 5. The van der Waals surface area contributed by atoms with Crippen molar-refractivity contribution in [3.05, 3.63) is 66.4 Å². The highest BCUT2D eigenvalue weighted by Crippen LogP contribution is 2.27. The van der Waals surface area contributed by atoms with Gasteiger partial charge in [-0.2, -0.15) is 0 Å². The van der Waals surface area contributed by atoms with E-state index in [1.165, 1.54) is 11.8 Å². The van der Waals surface area contributed by atoms with Gasteiger partial charge >= 0.3 is 0 Å². The first-order valence-corrected chi connectivity index (χ1v) is 8.29. The van der Waals surface area contributed by atoms with Crippen molar-refractivity contribution >= 4 is 40.2 Å². The van der Waals surface area contributed by atoms with Crippen LogP contribution in [0, 0.1) is 0 Å². The predicted molar refractivity (Wildman–Crippen MR) is 96.1 cm³/mol. The Morgan fingerprint density at radius 2 is 1.79 bits per heavy atom. The number of anilines is 1. The average molecular weight is 337 g/mol. The van der Waals surface area contributed by atoms with Crippen LogP contribution in [0.4, 0.5) is 5.69 Å². The molecule has 24 heavy (non-hydrogen) atoms. The van der Waals surface area contributed by atoms with Crippen molar-refractivity contribution < 1.29 is 9.59 Å². The van der Waals surface area contributed by atoms with Gasteiger partial charge in [-0.15, -0.1) is 11.8 Å². The van der Waals surface area contributed by atoms with Crippen molar-refractivity contribution in [1.82, 2.24) is 4.98 Å². The standard InChI is InChI=1S/C18H15N3O2S/c19-17(22)11-24-16-8-4-3-7-15(16)21-18(23)13-9-10-20-14-6-2-1-5-12(13)14/h1-10H,11H2,(H2,19,22)(H,21,23). The van der Waals surface area contributed by atoms with Gasteiger partial charge in [0.2, 0.25) is 5.91 Å². The van der Waals surface area contributed by atoms with Crippen LogP contribution in [-0.4, -0.2) is 22.6 Å². The third-order valence-electron chi connectivity index (χ3n) is 3.40. The Balaban J connectivity index is 1.88. The zero-order chi connectivity index (χ0) is 16.9. The molecule has 120 valence electrons. The second-order valence-electron chi connectivity index (χ2n) is 5.08. The topological polar surface area (TPSA) is 85.1 Å². The molecular weight excluding hydrogens is 322 g/mol. The van der Waals surface area contributed by atoms with Crippen LogP contribution in [0.25, 0.3) is 10.9 Å². The van der Waals surface area contributed by atoms with Crippen LogP contribution in [-0.2, 0) is 4.79 Å². The van der Waals surface area contributed by atoms with Crippen LogP contribution in [0.3, 0.4) is 0 Å². The van der Waals surface area contributed by atoms with E-state index in [0.717, 1.165) is 15.8 Å². The van der Waals surface area contributed by atoms with Gasteiger partial charge in [0.15, 0.2) is 0 Å². The highest BCUT2D eigenvalue weighted by molar-refractivity contribution is 8.00. The molecular formula is C18H15N3O2S. The third-order valence-corrected chi connectivity index (χ3v) is 4.49. The fourth-order valence-corrected chi connectivity index (χ4v) is 3.08. The lowest BCUT2D eigenvalue weighted by Crippen LogP contribution is -2.15. The van der Waals surface area contributed by atoms with E-state index in [4.69, 9.17) is 5.73 Å². The summed E-state index contributed by atoms with van der Waals surface area (Å²) in [6.45, 7) is 0. The molecule has 2 aromatic carbocycles. The SMILES string of the molecule is NC(=O)CSc1ccccc1NC(=O)c1ccnc2ccccc12. The van der Waals surface area contributed by atoms with E-state index < -0.39 is 5.91 Å². The maximum Gasteiger partial charge on any atom is 0.256 e. The summed E-state index contributed by atoms with van der Waals surface area (Å²) in [4.78, 5) is 28.7. The minimum atomic E-state index is -0.402. The second-order valence-corrected chi connectivity index (χ2v) is 6.10. The average Bonchev–Trinajstić information content (AvgIpc) is 2.60. The zero-order valence-corrected chi connectivity index (χ0v) is 13.5. The van der Waals surface area contributed by atoms with E-state index in [9.17, 15) is 9.59 Å². The molecule has 0 aliphatic heterocycles. The largest absolute Gasteiger partial charge is 0.369 e. The summed E-state index contributed by atoms with van der Waals surface area (Å²) >= 11 is 1.29. The molecule has 6 heteroatoms. The summed E-state index contributed by atoms with van der Waals surface area (Å²) in [5, 5.41) is 3.69. The van der Waals surface area contributed by atoms with Crippen molar-refractivity contribution in [2.75, 3.05) is 11.1 Å². The van der Waals surface area contributed by atoms with Crippen LogP contribution < -0.4 is 11.1 Å². The van der Waals surface area contributed by atoms with Gasteiger partial charge in [-0.1, -0.05) is 30.3 Å². The Morgan fingerprint density at radius 1 is 1.04 bits per heavy atom. The van der Waals surface area contributed by atoms with E-state index >= 15 is 0 Å². The van der Waals surface area contributed by atoms with Gasteiger partial charge in [-0.05, 0) is 24.3 Å². The number of benzene rings is 2. The number of pyridine rings is 1. The number of thioether (sulfide) groups is 1. The molecule has 3 N–H and O–H groups in total. The van der Waals surface area contributed by atoms with Crippen molar-refractivity contribution in [2.24, 2.45) is 5.73 Å². The number of hydrogen-bond donors (Lipinski definition) is 2. The van der Waals surface area contributed by atoms with Gasteiger partial charge in [-0.25, -0.2) is 0 Å². The monoisotopic (exact) mass is 337 g/mol. The summed E-state index contributed by atoms with van der Waals surface area (Å²) in [6, 6.07) is 16.5. The van der Waals surface area contributed by atoms with E-state index in [1.807, 2.05) is 42.5 Å². The molecule has 0 aliphatic rings.